The topological polar surface area (TPSA) is 60.2 Å². The third-order valence-electron chi connectivity index (χ3n) is 6.56. The van der Waals surface area contributed by atoms with Crippen molar-refractivity contribution < 1.29 is 4.79 Å². The van der Waals surface area contributed by atoms with E-state index in [1.165, 1.54) is 10.8 Å². The van der Waals surface area contributed by atoms with E-state index in [1.807, 2.05) is 31.2 Å². The smallest absolute Gasteiger partial charge is 0.252 e. The number of nitrogens with one attached hydrogen (secondary N) is 3. The molecule has 2 heterocycles. The molecule has 5 nitrogen and oxygen atoms in total. The van der Waals surface area contributed by atoms with Crippen molar-refractivity contribution in [2.24, 2.45) is 0 Å². The molecule has 1 saturated heterocycles. The second-order valence-electron chi connectivity index (χ2n) is 8.56. The zero-order valence-corrected chi connectivity index (χ0v) is 18.2. The number of para-hydroxylation sites is 1. The maximum atomic E-state index is 13.3. The normalized spacial score (nSPS) is 15.1. The molecular formula is C26H28N4O. The molecule has 1 aromatic heterocycles. The number of H-pyrrole nitrogens is 1. The summed E-state index contributed by atoms with van der Waals surface area (Å²) in [6.45, 7) is 6.02. The number of rotatable bonds is 5. The van der Waals surface area contributed by atoms with Crippen molar-refractivity contribution in [1.82, 2.24) is 15.6 Å². The van der Waals surface area contributed by atoms with Crippen molar-refractivity contribution in [3.63, 3.8) is 0 Å². The van der Waals surface area contributed by atoms with Gasteiger partial charge in [0, 0.05) is 53.2 Å². The predicted octanol–water partition coefficient (Wildman–Crippen LogP) is 4.53. The number of likely N-dealkylation sites (N-methyl/N-ethyl adjacent to an activating group) is 1. The number of hydrogen-bond acceptors (Lipinski definition) is 3. The molecule has 3 N–H and O–H groups in total. The molecule has 158 valence electrons. The molecule has 1 atom stereocenters. The Labute approximate surface area is 182 Å². The highest BCUT2D eigenvalue weighted by atomic mass is 16.1. The van der Waals surface area contributed by atoms with Crippen LogP contribution < -0.4 is 15.5 Å². The van der Waals surface area contributed by atoms with Crippen LogP contribution in [0.25, 0.3) is 21.8 Å². The Hall–Kier alpha value is -3.31. The SMILES string of the molecule is Cc1ccc(N(C)C2CNC2)cc1C(=O)N[C@H](C)c1cccc2[nH]c3ccccc3c12. The van der Waals surface area contributed by atoms with E-state index in [2.05, 4.69) is 70.9 Å². The minimum atomic E-state index is -0.118. The molecule has 1 fully saturated rings. The molecule has 0 radical (unpaired) electrons. The highest BCUT2D eigenvalue weighted by molar-refractivity contribution is 6.09. The van der Waals surface area contributed by atoms with Gasteiger partial charge in [0.05, 0.1) is 12.1 Å². The first-order chi connectivity index (χ1) is 15.0. The minimum absolute atomic E-state index is 0.0381. The highest BCUT2D eigenvalue weighted by Gasteiger charge is 2.23. The van der Waals surface area contributed by atoms with Crippen LogP contribution in [0.1, 0.15) is 34.5 Å². The monoisotopic (exact) mass is 412 g/mol. The van der Waals surface area contributed by atoms with Gasteiger partial charge in [-0.3, -0.25) is 4.79 Å². The Kier molecular flexibility index (Phi) is 4.91. The molecule has 0 unspecified atom stereocenters. The quantitative estimate of drug-likeness (QED) is 0.451. The van der Waals surface area contributed by atoms with Crippen molar-refractivity contribution in [2.45, 2.75) is 25.9 Å². The molecule has 0 bridgehead atoms. The fourth-order valence-corrected chi connectivity index (χ4v) is 4.48. The molecule has 0 aliphatic carbocycles. The lowest BCUT2D eigenvalue weighted by molar-refractivity contribution is 0.0939. The first-order valence-corrected chi connectivity index (χ1v) is 10.9. The van der Waals surface area contributed by atoms with Crippen LogP contribution in [-0.4, -0.2) is 37.1 Å². The highest BCUT2D eigenvalue weighted by Crippen LogP contribution is 2.32. The number of hydrogen-bond donors (Lipinski definition) is 3. The Morgan fingerprint density at radius 1 is 1.06 bits per heavy atom. The van der Waals surface area contributed by atoms with Gasteiger partial charge in [-0.1, -0.05) is 36.4 Å². The van der Waals surface area contributed by atoms with Gasteiger partial charge in [0.1, 0.15) is 0 Å². The van der Waals surface area contributed by atoms with Crippen molar-refractivity contribution in [3.8, 4) is 0 Å². The lowest BCUT2D eigenvalue weighted by Crippen LogP contribution is -2.56. The number of benzene rings is 3. The number of carbonyl (C=O) groups excluding carboxylic acids is 1. The number of aryl methyl sites for hydroxylation is 1. The molecule has 3 aromatic carbocycles. The van der Waals surface area contributed by atoms with Crippen LogP contribution in [0.5, 0.6) is 0 Å². The Bertz CT molecular complexity index is 1270. The van der Waals surface area contributed by atoms with Gasteiger partial charge in [-0.05, 0) is 49.2 Å². The van der Waals surface area contributed by atoms with Crippen LogP contribution in [0.3, 0.4) is 0 Å². The lowest BCUT2D eigenvalue weighted by atomic mass is 10.00. The molecule has 1 amide bonds. The van der Waals surface area contributed by atoms with Crippen molar-refractivity contribution in [3.05, 3.63) is 77.4 Å². The number of aromatic nitrogens is 1. The standard InChI is InChI=1S/C26H28N4O/c1-16-11-12-18(30(3)19-14-27-15-19)13-22(16)26(31)28-17(2)20-8-6-10-24-25(20)21-7-4-5-9-23(21)29-24/h4-13,17,19,27,29H,14-15H2,1-3H3,(H,28,31)/t17-/m1/s1. The Morgan fingerprint density at radius 3 is 2.61 bits per heavy atom. The van der Waals surface area contributed by atoms with Gasteiger partial charge >= 0.3 is 0 Å². The largest absolute Gasteiger partial charge is 0.369 e. The molecule has 5 heteroatoms. The summed E-state index contributed by atoms with van der Waals surface area (Å²) in [6, 6.07) is 21.1. The predicted molar refractivity (Wildman–Crippen MR) is 128 cm³/mol. The number of aromatic amines is 1. The van der Waals surface area contributed by atoms with Gasteiger partial charge < -0.3 is 20.5 Å². The van der Waals surface area contributed by atoms with Crippen molar-refractivity contribution in [1.29, 1.82) is 0 Å². The summed E-state index contributed by atoms with van der Waals surface area (Å²) in [5.74, 6) is -0.0381. The van der Waals surface area contributed by atoms with Crippen LogP contribution in [0.4, 0.5) is 5.69 Å². The summed E-state index contributed by atoms with van der Waals surface area (Å²) in [7, 11) is 2.10. The van der Waals surface area contributed by atoms with Crippen molar-refractivity contribution in [2.75, 3.05) is 25.0 Å². The molecule has 1 aliphatic rings. The molecule has 1 aliphatic heterocycles. The Morgan fingerprint density at radius 2 is 1.84 bits per heavy atom. The van der Waals surface area contributed by atoms with E-state index in [-0.39, 0.29) is 11.9 Å². The van der Waals surface area contributed by atoms with E-state index in [4.69, 9.17) is 0 Å². The van der Waals surface area contributed by atoms with Crippen molar-refractivity contribution >= 4 is 33.4 Å². The second-order valence-corrected chi connectivity index (χ2v) is 8.56. The molecule has 0 spiro atoms. The first-order valence-electron chi connectivity index (χ1n) is 10.9. The fourth-order valence-electron chi connectivity index (χ4n) is 4.48. The van der Waals surface area contributed by atoms with Crippen LogP contribution in [0.2, 0.25) is 0 Å². The average Bonchev–Trinajstić information content (AvgIpc) is 3.11. The summed E-state index contributed by atoms with van der Waals surface area (Å²) < 4.78 is 0. The van der Waals surface area contributed by atoms with Gasteiger partial charge in [0.25, 0.3) is 5.91 Å². The van der Waals surface area contributed by atoms with Gasteiger partial charge in [0.2, 0.25) is 0 Å². The fraction of sp³-hybridized carbons (Fsp3) is 0.269. The summed E-state index contributed by atoms with van der Waals surface area (Å²) in [5, 5.41) is 8.90. The maximum absolute atomic E-state index is 13.3. The zero-order chi connectivity index (χ0) is 21.5. The average molecular weight is 413 g/mol. The molecule has 4 aromatic rings. The number of fused-ring (bicyclic) bond motifs is 3. The van der Waals surface area contributed by atoms with Crippen LogP contribution in [0.15, 0.2) is 60.7 Å². The van der Waals surface area contributed by atoms with E-state index in [0.29, 0.717) is 6.04 Å². The number of amides is 1. The first kappa shape index (κ1) is 19.6. The third kappa shape index (κ3) is 3.45. The van der Waals surface area contributed by atoms with E-state index in [9.17, 15) is 4.79 Å². The summed E-state index contributed by atoms with van der Waals surface area (Å²) in [6.07, 6.45) is 0. The lowest BCUT2D eigenvalue weighted by Gasteiger charge is -2.37. The summed E-state index contributed by atoms with van der Waals surface area (Å²) in [4.78, 5) is 19.0. The van der Waals surface area contributed by atoms with E-state index in [1.54, 1.807) is 0 Å². The van der Waals surface area contributed by atoms with Crippen LogP contribution in [0, 0.1) is 6.92 Å². The molecule has 0 saturated carbocycles. The molecule has 5 rings (SSSR count). The zero-order valence-electron chi connectivity index (χ0n) is 18.2. The van der Waals surface area contributed by atoms with Gasteiger partial charge in [-0.2, -0.15) is 0 Å². The van der Waals surface area contributed by atoms with Gasteiger partial charge in [-0.15, -0.1) is 0 Å². The Balaban J connectivity index is 1.45. The minimum Gasteiger partial charge on any atom is -0.369 e. The van der Waals surface area contributed by atoms with E-state index < -0.39 is 0 Å². The van der Waals surface area contributed by atoms with E-state index >= 15 is 0 Å². The number of carbonyl (C=O) groups is 1. The number of nitrogens with zero attached hydrogens (tertiary/aromatic N) is 1. The summed E-state index contributed by atoms with van der Waals surface area (Å²) >= 11 is 0. The molecular weight excluding hydrogens is 384 g/mol. The summed E-state index contributed by atoms with van der Waals surface area (Å²) in [5.41, 5.74) is 6.12. The third-order valence-corrected chi connectivity index (χ3v) is 6.56. The van der Waals surface area contributed by atoms with Gasteiger partial charge in [0.15, 0.2) is 0 Å². The van der Waals surface area contributed by atoms with Gasteiger partial charge in [-0.25, -0.2) is 0 Å². The molecule has 31 heavy (non-hydrogen) atoms. The second kappa shape index (κ2) is 7.75. The van der Waals surface area contributed by atoms with E-state index in [0.717, 1.165) is 46.5 Å². The van der Waals surface area contributed by atoms with Crippen LogP contribution in [-0.2, 0) is 0 Å². The van der Waals surface area contributed by atoms with Crippen LogP contribution >= 0.6 is 0 Å². The maximum Gasteiger partial charge on any atom is 0.252 e. The number of anilines is 1.